The Bertz CT molecular complexity index is 656. The molecule has 1 aliphatic carbocycles. The maximum absolute atomic E-state index is 12.3. The Balaban J connectivity index is 1.69. The van der Waals surface area contributed by atoms with E-state index in [2.05, 4.69) is 5.32 Å². The Hall–Kier alpha value is -2.37. The van der Waals surface area contributed by atoms with E-state index in [0.717, 1.165) is 18.4 Å². The van der Waals surface area contributed by atoms with Gasteiger partial charge in [0.05, 0.1) is 5.92 Å². The fourth-order valence-corrected chi connectivity index (χ4v) is 3.27. The number of Topliss-reactive ketones (excluding diaryl/α,β-unsaturated/α-hetero) is 1. The Kier molecular flexibility index (Phi) is 4.32. The molecule has 1 aliphatic heterocycles. The predicted octanol–water partition coefficient (Wildman–Crippen LogP) is 2.53. The fourth-order valence-electron chi connectivity index (χ4n) is 3.27. The summed E-state index contributed by atoms with van der Waals surface area (Å²) in [7, 11) is 0. The zero-order chi connectivity index (χ0) is 16.4. The molecule has 1 fully saturated rings. The molecular weight excluding hydrogens is 296 g/mol. The molecule has 6 heteroatoms. The quantitative estimate of drug-likeness (QED) is 0.878. The third-order valence-electron chi connectivity index (χ3n) is 4.57. The number of carbonyl (C=O) groups is 3. The first-order chi connectivity index (χ1) is 11.0. The second kappa shape index (κ2) is 6.40. The van der Waals surface area contributed by atoms with Gasteiger partial charge in [0.25, 0.3) is 0 Å². The highest BCUT2D eigenvalue weighted by molar-refractivity contribution is 6.00. The second-order valence-electron chi connectivity index (χ2n) is 6.20. The second-order valence-corrected chi connectivity index (χ2v) is 6.20. The highest BCUT2D eigenvalue weighted by atomic mass is 16.4. The molecule has 2 N–H and O–H groups in total. The van der Waals surface area contributed by atoms with E-state index in [-0.39, 0.29) is 18.4 Å². The third-order valence-corrected chi connectivity index (χ3v) is 4.57. The molecule has 2 amide bonds. The number of urea groups is 1. The number of likely N-dealkylation sites (tertiary alicyclic amines) is 1. The molecule has 0 aromatic heterocycles. The summed E-state index contributed by atoms with van der Waals surface area (Å²) in [5.74, 6) is -1.24. The van der Waals surface area contributed by atoms with Gasteiger partial charge in [-0.1, -0.05) is 6.07 Å². The number of aryl methyl sites for hydroxylation is 1. The smallest absolute Gasteiger partial charge is 0.321 e. The topological polar surface area (TPSA) is 86.7 Å². The molecule has 1 aromatic carbocycles. The molecule has 0 bridgehead atoms. The summed E-state index contributed by atoms with van der Waals surface area (Å²) >= 11 is 0. The minimum atomic E-state index is -0.859. The van der Waals surface area contributed by atoms with Crippen LogP contribution in [0.15, 0.2) is 18.2 Å². The molecule has 1 saturated heterocycles. The molecule has 3 rings (SSSR count). The van der Waals surface area contributed by atoms with Crippen LogP contribution in [-0.4, -0.2) is 40.9 Å². The lowest BCUT2D eigenvalue weighted by molar-refractivity contribution is -0.143. The number of carboxylic acid groups (broad SMARTS) is 1. The molecule has 0 saturated carbocycles. The average molecular weight is 316 g/mol. The van der Waals surface area contributed by atoms with E-state index in [0.29, 0.717) is 37.1 Å². The van der Waals surface area contributed by atoms with Crippen molar-refractivity contribution in [3.63, 3.8) is 0 Å². The van der Waals surface area contributed by atoms with Crippen LogP contribution in [0.1, 0.15) is 41.6 Å². The highest BCUT2D eigenvalue weighted by Crippen LogP contribution is 2.25. The van der Waals surface area contributed by atoms with Crippen LogP contribution in [-0.2, 0) is 11.2 Å². The molecule has 122 valence electrons. The van der Waals surface area contributed by atoms with Crippen LogP contribution in [0.25, 0.3) is 0 Å². The number of carboxylic acids is 1. The van der Waals surface area contributed by atoms with Gasteiger partial charge in [-0.05, 0) is 43.4 Å². The Labute approximate surface area is 134 Å². The number of amides is 2. The van der Waals surface area contributed by atoms with Crippen LogP contribution < -0.4 is 5.32 Å². The summed E-state index contributed by atoms with van der Waals surface area (Å²) in [6.45, 7) is 0.782. The first kappa shape index (κ1) is 15.5. The fraction of sp³-hybridized carbons (Fsp3) is 0.471. The minimum Gasteiger partial charge on any atom is -0.481 e. The largest absolute Gasteiger partial charge is 0.481 e. The van der Waals surface area contributed by atoms with E-state index in [1.165, 1.54) is 4.90 Å². The van der Waals surface area contributed by atoms with E-state index in [4.69, 9.17) is 5.11 Å². The SMILES string of the molecule is O=C1CCCc2ccc(NC(=O)N3CCCC(C(=O)O)C3)cc21. The van der Waals surface area contributed by atoms with Gasteiger partial charge in [-0.15, -0.1) is 0 Å². The molecule has 0 radical (unpaired) electrons. The normalized spacial score (nSPS) is 20.8. The molecule has 23 heavy (non-hydrogen) atoms. The standard InChI is InChI=1S/C17H20N2O4/c20-15-5-1-3-11-6-7-13(9-14(11)15)18-17(23)19-8-2-4-12(10-19)16(21)22/h6-7,9,12H,1-5,8,10H2,(H,18,23)(H,21,22). The van der Waals surface area contributed by atoms with E-state index in [9.17, 15) is 14.4 Å². The van der Waals surface area contributed by atoms with Crippen molar-refractivity contribution in [3.8, 4) is 0 Å². The molecule has 2 aliphatic rings. The lowest BCUT2D eigenvalue weighted by Gasteiger charge is -2.30. The summed E-state index contributed by atoms with van der Waals surface area (Å²) in [5, 5.41) is 11.9. The zero-order valence-electron chi connectivity index (χ0n) is 12.9. The molecule has 1 aromatic rings. The number of nitrogens with one attached hydrogen (secondary N) is 1. The summed E-state index contributed by atoms with van der Waals surface area (Å²) < 4.78 is 0. The third kappa shape index (κ3) is 3.36. The summed E-state index contributed by atoms with van der Waals surface area (Å²) in [5.41, 5.74) is 2.31. The molecule has 0 spiro atoms. The Morgan fingerprint density at radius 2 is 2.04 bits per heavy atom. The van der Waals surface area contributed by atoms with Gasteiger partial charge in [0, 0.05) is 30.8 Å². The van der Waals surface area contributed by atoms with Crippen molar-refractivity contribution in [2.75, 3.05) is 18.4 Å². The van der Waals surface area contributed by atoms with Crippen molar-refractivity contribution in [1.29, 1.82) is 0 Å². The molecule has 1 heterocycles. The summed E-state index contributed by atoms with van der Waals surface area (Å²) in [6.07, 6.45) is 3.61. The van der Waals surface area contributed by atoms with Crippen LogP contribution in [0.3, 0.4) is 0 Å². The van der Waals surface area contributed by atoms with E-state index in [1.807, 2.05) is 6.07 Å². The lowest BCUT2D eigenvalue weighted by atomic mass is 9.90. The number of carbonyl (C=O) groups excluding carboxylic acids is 2. The maximum atomic E-state index is 12.3. The highest BCUT2D eigenvalue weighted by Gasteiger charge is 2.28. The van der Waals surface area contributed by atoms with Gasteiger partial charge in [0.15, 0.2) is 5.78 Å². The van der Waals surface area contributed by atoms with Crippen LogP contribution in [0, 0.1) is 5.92 Å². The molecule has 6 nitrogen and oxygen atoms in total. The van der Waals surface area contributed by atoms with E-state index >= 15 is 0 Å². The maximum Gasteiger partial charge on any atom is 0.321 e. The average Bonchev–Trinajstić information content (AvgIpc) is 2.55. The number of anilines is 1. The number of rotatable bonds is 2. The van der Waals surface area contributed by atoms with Crippen LogP contribution in [0.2, 0.25) is 0 Å². The lowest BCUT2D eigenvalue weighted by Crippen LogP contribution is -2.44. The van der Waals surface area contributed by atoms with Gasteiger partial charge in [0.1, 0.15) is 0 Å². The van der Waals surface area contributed by atoms with Crippen LogP contribution in [0.5, 0.6) is 0 Å². The van der Waals surface area contributed by atoms with Gasteiger partial charge < -0.3 is 15.3 Å². The van der Waals surface area contributed by atoms with E-state index in [1.54, 1.807) is 12.1 Å². The van der Waals surface area contributed by atoms with Crippen molar-refractivity contribution in [2.24, 2.45) is 5.92 Å². The monoisotopic (exact) mass is 316 g/mol. The number of hydrogen-bond donors (Lipinski definition) is 2. The molecule has 1 atom stereocenters. The number of hydrogen-bond acceptors (Lipinski definition) is 3. The Morgan fingerprint density at radius 3 is 2.83 bits per heavy atom. The first-order valence-corrected chi connectivity index (χ1v) is 7.99. The van der Waals surface area contributed by atoms with Gasteiger partial charge in [0.2, 0.25) is 0 Å². The number of ketones is 1. The van der Waals surface area contributed by atoms with Crippen molar-refractivity contribution in [1.82, 2.24) is 4.90 Å². The van der Waals surface area contributed by atoms with Crippen LogP contribution in [0.4, 0.5) is 10.5 Å². The number of aliphatic carboxylic acids is 1. The van der Waals surface area contributed by atoms with Gasteiger partial charge in [-0.2, -0.15) is 0 Å². The molecule has 1 unspecified atom stereocenters. The number of fused-ring (bicyclic) bond motifs is 1. The Morgan fingerprint density at radius 1 is 1.22 bits per heavy atom. The van der Waals surface area contributed by atoms with Crippen molar-refractivity contribution in [3.05, 3.63) is 29.3 Å². The van der Waals surface area contributed by atoms with Crippen LogP contribution >= 0.6 is 0 Å². The van der Waals surface area contributed by atoms with E-state index < -0.39 is 11.9 Å². The zero-order valence-corrected chi connectivity index (χ0v) is 12.9. The number of piperidine rings is 1. The van der Waals surface area contributed by atoms with Crippen molar-refractivity contribution < 1.29 is 19.5 Å². The minimum absolute atomic E-state index is 0.117. The number of nitrogens with zero attached hydrogens (tertiary/aromatic N) is 1. The van der Waals surface area contributed by atoms with Gasteiger partial charge in [-0.25, -0.2) is 4.79 Å². The number of benzene rings is 1. The van der Waals surface area contributed by atoms with Gasteiger partial charge in [-0.3, -0.25) is 9.59 Å². The first-order valence-electron chi connectivity index (χ1n) is 7.99. The summed E-state index contributed by atoms with van der Waals surface area (Å²) in [4.78, 5) is 36.9. The van der Waals surface area contributed by atoms with Crippen molar-refractivity contribution in [2.45, 2.75) is 32.1 Å². The van der Waals surface area contributed by atoms with Crippen molar-refractivity contribution >= 4 is 23.5 Å². The van der Waals surface area contributed by atoms with Gasteiger partial charge >= 0.3 is 12.0 Å². The predicted molar refractivity (Wildman–Crippen MR) is 84.7 cm³/mol. The summed E-state index contributed by atoms with van der Waals surface area (Å²) in [6, 6.07) is 5.11. The molecular formula is C17H20N2O4.